The fourth-order valence-electron chi connectivity index (χ4n) is 5.55. The number of ketones is 2. The Labute approximate surface area is 171 Å². The molecule has 1 aliphatic heterocycles. The van der Waals surface area contributed by atoms with Crippen molar-refractivity contribution in [1.29, 1.82) is 0 Å². The van der Waals surface area contributed by atoms with E-state index in [2.05, 4.69) is 39.0 Å². The molecule has 1 aromatic rings. The van der Waals surface area contributed by atoms with E-state index in [-0.39, 0.29) is 5.92 Å². The van der Waals surface area contributed by atoms with Crippen molar-refractivity contribution in [2.45, 2.75) is 72.1 Å². The monoisotopic (exact) mass is 384 g/mol. The second kappa shape index (κ2) is 9.35. The zero-order chi connectivity index (χ0) is 20.1. The van der Waals surface area contributed by atoms with Gasteiger partial charge in [-0.1, -0.05) is 43.9 Å². The number of hydrogen-bond acceptors (Lipinski definition) is 2. The van der Waals surface area contributed by atoms with Crippen molar-refractivity contribution < 1.29 is 14.1 Å². The molecule has 2 unspecified atom stereocenters. The molecule has 2 atom stereocenters. The van der Waals surface area contributed by atoms with E-state index in [0.717, 1.165) is 43.4 Å². The lowest BCUT2D eigenvalue weighted by molar-refractivity contribution is -0.925. The third-order valence-electron chi connectivity index (χ3n) is 7.41. The molecule has 28 heavy (non-hydrogen) atoms. The van der Waals surface area contributed by atoms with Gasteiger partial charge in [0.15, 0.2) is 5.78 Å². The molecule has 3 heteroatoms. The Morgan fingerprint density at radius 2 is 1.71 bits per heavy atom. The molecule has 3 nitrogen and oxygen atoms in total. The van der Waals surface area contributed by atoms with Crippen molar-refractivity contribution in [2.24, 2.45) is 11.8 Å². The highest BCUT2D eigenvalue weighted by Crippen LogP contribution is 2.32. The van der Waals surface area contributed by atoms with Crippen molar-refractivity contribution in [3.05, 3.63) is 34.9 Å². The molecule has 1 saturated carbocycles. The Hall–Kier alpha value is -1.48. The van der Waals surface area contributed by atoms with Crippen LogP contribution < -0.4 is 0 Å². The Kier molecular flexibility index (Phi) is 7.09. The summed E-state index contributed by atoms with van der Waals surface area (Å²) in [6.45, 7) is 9.83. The summed E-state index contributed by atoms with van der Waals surface area (Å²) in [6, 6.07) is 6.25. The second-order valence-corrected chi connectivity index (χ2v) is 9.47. The van der Waals surface area contributed by atoms with Crippen molar-refractivity contribution >= 4 is 11.6 Å². The van der Waals surface area contributed by atoms with E-state index >= 15 is 0 Å². The van der Waals surface area contributed by atoms with Gasteiger partial charge >= 0.3 is 0 Å². The average Bonchev–Trinajstić information content (AvgIpc) is 3.18. The molecule has 0 radical (unpaired) electrons. The van der Waals surface area contributed by atoms with Gasteiger partial charge in [0, 0.05) is 12.8 Å². The van der Waals surface area contributed by atoms with Crippen LogP contribution in [0.5, 0.6) is 0 Å². The van der Waals surface area contributed by atoms with Crippen LogP contribution in [0.1, 0.15) is 68.6 Å². The largest absolute Gasteiger partial charge is 0.317 e. The molecular weight excluding hydrogens is 346 g/mol. The predicted molar refractivity (Wildman–Crippen MR) is 114 cm³/mol. The van der Waals surface area contributed by atoms with Gasteiger partial charge in [0.05, 0.1) is 25.6 Å². The third-order valence-corrected chi connectivity index (χ3v) is 7.41. The molecule has 3 rings (SSSR count). The molecule has 2 aliphatic rings. The normalized spacial score (nSPS) is 25.8. The van der Waals surface area contributed by atoms with E-state index in [1.54, 1.807) is 0 Å². The minimum Gasteiger partial charge on any atom is -0.317 e. The van der Waals surface area contributed by atoms with Crippen molar-refractivity contribution in [3.63, 3.8) is 0 Å². The van der Waals surface area contributed by atoms with E-state index in [1.165, 1.54) is 42.4 Å². The molecule has 154 valence electrons. The summed E-state index contributed by atoms with van der Waals surface area (Å²) < 4.78 is 0.810. The molecule has 2 fully saturated rings. The van der Waals surface area contributed by atoms with Crippen LogP contribution in [0.25, 0.3) is 0 Å². The van der Waals surface area contributed by atoms with Crippen LogP contribution in [-0.4, -0.2) is 42.2 Å². The van der Waals surface area contributed by atoms with Crippen LogP contribution in [0.4, 0.5) is 0 Å². The Morgan fingerprint density at radius 3 is 2.36 bits per heavy atom. The van der Waals surface area contributed by atoms with Gasteiger partial charge in [-0.2, -0.15) is 0 Å². The van der Waals surface area contributed by atoms with Crippen LogP contribution in [0, 0.1) is 25.7 Å². The fourth-order valence-corrected chi connectivity index (χ4v) is 5.55. The molecule has 1 saturated heterocycles. The van der Waals surface area contributed by atoms with Crippen LogP contribution >= 0.6 is 0 Å². The molecule has 1 heterocycles. The van der Waals surface area contributed by atoms with Crippen molar-refractivity contribution in [3.8, 4) is 0 Å². The van der Waals surface area contributed by atoms with Crippen LogP contribution in [0.15, 0.2) is 18.2 Å². The minimum absolute atomic E-state index is 0.169. The summed E-state index contributed by atoms with van der Waals surface area (Å²) in [7, 11) is 0. The number of benzene rings is 1. The van der Waals surface area contributed by atoms with E-state index in [0.29, 0.717) is 30.4 Å². The van der Waals surface area contributed by atoms with Gasteiger partial charge in [-0.15, -0.1) is 0 Å². The highest BCUT2D eigenvalue weighted by molar-refractivity contribution is 5.83. The number of quaternary nitrogens is 1. The Morgan fingerprint density at radius 1 is 1.04 bits per heavy atom. The standard InChI is InChI=1S/C25H38NO2/c1-4-26(18-23(27)16-24-19(2)9-7-10-20(24)3)14-8-13-22(17-26)25(28)15-21-11-5-6-12-21/h7,9-10,21-22H,4-6,8,11-18H2,1-3H3/q+1. The number of likely N-dealkylation sites (tertiary alicyclic amines) is 1. The van der Waals surface area contributed by atoms with E-state index < -0.39 is 0 Å². The number of nitrogens with zero attached hydrogens (tertiary/aromatic N) is 1. The number of carbonyl (C=O) groups excluding carboxylic acids is 2. The van der Waals surface area contributed by atoms with Gasteiger partial charge in [0.25, 0.3) is 0 Å². The summed E-state index contributed by atoms with van der Waals surface area (Å²) in [5.74, 6) is 1.60. The third kappa shape index (κ3) is 5.11. The smallest absolute Gasteiger partial charge is 0.191 e. The van der Waals surface area contributed by atoms with Crippen LogP contribution in [0.2, 0.25) is 0 Å². The number of Topliss-reactive ketones (excluding diaryl/α,β-unsaturated/α-hetero) is 2. The van der Waals surface area contributed by atoms with Crippen LogP contribution in [-0.2, 0) is 16.0 Å². The number of piperidine rings is 1. The lowest BCUT2D eigenvalue weighted by Crippen LogP contribution is -2.57. The van der Waals surface area contributed by atoms with Gasteiger partial charge < -0.3 is 4.48 Å². The first-order chi connectivity index (χ1) is 13.4. The first-order valence-corrected chi connectivity index (χ1v) is 11.4. The lowest BCUT2D eigenvalue weighted by atomic mass is 9.86. The summed E-state index contributed by atoms with van der Waals surface area (Å²) >= 11 is 0. The Balaban J connectivity index is 1.63. The number of hydrogen-bond donors (Lipinski definition) is 0. The summed E-state index contributed by atoms with van der Waals surface area (Å²) in [6.07, 6.45) is 8.47. The molecule has 1 aliphatic carbocycles. The van der Waals surface area contributed by atoms with E-state index in [4.69, 9.17) is 0 Å². The predicted octanol–water partition coefficient (Wildman–Crippen LogP) is 4.81. The molecule has 0 aromatic heterocycles. The molecule has 0 amide bonds. The van der Waals surface area contributed by atoms with Gasteiger partial charge in [0.2, 0.25) is 0 Å². The first kappa shape index (κ1) is 21.2. The molecule has 1 aromatic carbocycles. The van der Waals surface area contributed by atoms with E-state index in [1.807, 2.05) is 0 Å². The maximum Gasteiger partial charge on any atom is 0.191 e. The maximum absolute atomic E-state index is 13.0. The molecule has 0 N–H and O–H groups in total. The summed E-state index contributed by atoms with van der Waals surface area (Å²) in [5.41, 5.74) is 3.60. The minimum atomic E-state index is 0.169. The topological polar surface area (TPSA) is 34.1 Å². The lowest BCUT2D eigenvalue weighted by Gasteiger charge is -2.43. The Bertz CT molecular complexity index is 684. The van der Waals surface area contributed by atoms with Crippen molar-refractivity contribution in [1.82, 2.24) is 0 Å². The van der Waals surface area contributed by atoms with E-state index in [9.17, 15) is 9.59 Å². The number of aryl methyl sites for hydroxylation is 2. The number of likely N-dealkylation sites (N-methyl/N-ethyl adjacent to an activating group) is 1. The molecule has 0 bridgehead atoms. The zero-order valence-electron chi connectivity index (χ0n) is 18.1. The summed E-state index contributed by atoms with van der Waals surface area (Å²) in [5, 5.41) is 0. The van der Waals surface area contributed by atoms with Gasteiger partial charge in [-0.05, 0) is 56.2 Å². The SMILES string of the molecule is CC[N+]1(CC(=O)Cc2c(C)cccc2C)CCCC(C(=O)CC2CCCC2)C1. The van der Waals surface area contributed by atoms with Crippen LogP contribution in [0.3, 0.4) is 0 Å². The molecule has 0 spiro atoms. The zero-order valence-corrected chi connectivity index (χ0v) is 18.1. The average molecular weight is 385 g/mol. The fraction of sp³-hybridized carbons (Fsp3) is 0.680. The second-order valence-electron chi connectivity index (χ2n) is 9.47. The number of rotatable bonds is 8. The van der Waals surface area contributed by atoms with Gasteiger partial charge in [-0.25, -0.2) is 0 Å². The highest BCUT2D eigenvalue weighted by Gasteiger charge is 2.38. The molecular formula is C25H38NO2+. The van der Waals surface area contributed by atoms with Gasteiger partial charge in [0.1, 0.15) is 12.3 Å². The maximum atomic E-state index is 13.0. The van der Waals surface area contributed by atoms with Gasteiger partial charge in [-0.3, -0.25) is 9.59 Å². The number of carbonyl (C=O) groups is 2. The summed E-state index contributed by atoms with van der Waals surface area (Å²) in [4.78, 5) is 25.9. The van der Waals surface area contributed by atoms with Crippen molar-refractivity contribution in [2.75, 3.05) is 26.2 Å². The highest BCUT2D eigenvalue weighted by atomic mass is 16.1. The quantitative estimate of drug-likeness (QED) is 0.603. The first-order valence-electron chi connectivity index (χ1n) is 11.4.